The molecule has 0 fully saturated rings. The third-order valence-electron chi connectivity index (χ3n) is 23.2. The number of ether oxygens (including phenoxy) is 10. The first-order chi connectivity index (χ1) is 70.6. The predicted molar refractivity (Wildman–Crippen MR) is 555 cm³/mol. The fraction of sp³-hybridized carbons (Fsp3) is 0.212. The van der Waals surface area contributed by atoms with Crippen molar-refractivity contribution in [3.63, 3.8) is 0 Å². The number of benzene rings is 12. The van der Waals surface area contributed by atoms with Crippen LogP contribution in [0.5, 0.6) is 57.5 Å². The molecule has 4 atom stereocenters. The summed E-state index contributed by atoms with van der Waals surface area (Å²) in [7, 11) is -8.85. The van der Waals surface area contributed by atoms with E-state index in [1.807, 2.05) is 43.2 Å². The fourth-order valence-electron chi connectivity index (χ4n) is 15.4. The molecule has 148 heavy (non-hydrogen) atoms. The number of aryl methyl sites for hydroxylation is 4. The summed E-state index contributed by atoms with van der Waals surface area (Å²) in [6, 6.07) is 65.0. The van der Waals surface area contributed by atoms with E-state index in [-0.39, 0.29) is 72.4 Å². The summed E-state index contributed by atoms with van der Waals surface area (Å²) in [4.78, 5) is 111. The number of halogens is 2. The molecule has 0 unspecified atom stereocenters. The maximum absolute atomic E-state index is 13.6. The minimum Gasteiger partial charge on any atom is -0.497 e. The van der Waals surface area contributed by atoms with E-state index in [2.05, 4.69) is 43.8 Å². The van der Waals surface area contributed by atoms with Crippen LogP contribution in [0.2, 0.25) is 5.02 Å². The highest BCUT2D eigenvalue weighted by Crippen LogP contribution is 2.40. The molecule has 16 rings (SSSR count). The van der Waals surface area contributed by atoms with Gasteiger partial charge in [0, 0.05) is 110 Å². The molecule has 12 aromatic rings. The van der Waals surface area contributed by atoms with Crippen LogP contribution in [0.1, 0.15) is 44.5 Å². The van der Waals surface area contributed by atoms with Crippen LogP contribution >= 0.6 is 27.5 Å². The van der Waals surface area contributed by atoms with Crippen molar-refractivity contribution in [2.75, 3.05) is 88.7 Å². The fourth-order valence-corrected chi connectivity index (χ4v) is 20.5. The Hall–Kier alpha value is -16.1. The van der Waals surface area contributed by atoms with Gasteiger partial charge in [-0.1, -0.05) is 162 Å². The van der Waals surface area contributed by atoms with Crippen molar-refractivity contribution < 1.29 is 119 Å². The molecule has 4 heterocycles. The van der Waals surface area contributed by atoms with Gasteiger partial charge in [-0.15, -0.1) is 0 Å². The summed E-state index contributed by atoms with van der Waals surface area (Å²) in [5, 5.41) is 10.6. The molecule has 44 heteroatoms. The monoisotopic (exact) mass is 2180 g/mol. The van der Waals surface area contributed by atoms with E-state index in [1.54, 1.807) is 287 Å². The van der Waals surface area contributed by atoms with Crippen LogP contribution in [0.4, 0.5) is 41.9 Å². The number of fused-ring (bicyclic) bond motifs is 4. The highest BCUT2D eigenvalue weighted by atomic mass is 79.9. The first-order valence-electron chi connectivity index (χ1n) is 45.3. The Bertz CT molecular complexity index is 7430. The zero-order chi connectivity index (χ0) is 106. The standard InChI is InChI=1S/C28H29N3O7S.C26H27N3O7S.C25H24BrN3O6S.C25H24ClN3O6S/c1-4-15-36-22-12-9-20(10-13-22)16-23(27(32)31(3)21-11-14-24-25(17-21)38-18-37-24)29-28(33)30-39(34,35)26-8-6-5-7-19(26)2;1-17-6-4-5-7-24(17)37(32,33)28-26(31)27-21(14-18-8-11-20(34-3)12-9-18)25(30)29(2)19-10-13-22-23(15-19)36-16-35-22;1-16-5-3-4-6-23(16)36(32,33)28-25(31)27-20(13-17-7-9-18(26)10-8-17)24(30)29(2)19-11-12-21-22(14-19)35-15-34-21;1-16-6-3-4-9-23(16)36(32,33)28-25(31)27-20(13-17-7-5-8-18(26)12-17)24(30)29(2)19-10-11-21-22(14-19)35-15-34-21/h4-14,17,23H,1,15-16,18H2,2-3H3,(H2,29,30,33);4-13,15,21H,14,16H2,1-3H3,(H2,27,28,31);2*3-12,14,20H,13,15H2,1-2H3,(H2,27,28,31)/t23-;21-;2*20-/m0000/s1. The topological polar surface area (TPSA) is 475 Å². The van der Waals surface area contributed by atoms with Crippen molar-refractivity contribution in [1.29, 1.82) is 0 Å². The second-order valence-corrected chi connectivity index (χ2v) is 41.4. The van der Waals surface area contributed by atoms with Gasteiger partial charge in [0.25, 0.3) is 40.1 Å². The van der Waals surface area contributed by atoms with Gasteiger partial charge < -0.3 is 88.2 Å². The zero-order valence-corrected chi connectivity index (χ0v) is 86.8. The number of sulfonamides is 4. The van der Waals surface area contributed by atoms with E-state index in [0.717, 1.165) is 21.2 Å². The number of carbonyl (C=O) groups is 8. The average Bonchev–Trinajstić information content (AvgIpc) is 1.31. The van der Waals surface area contributed by atoms with E-state index in [0.29, 0.717) is 120 Å². The maximum Gasteiger partial charge on any atom is 0.329 e. The van der Waals surface area contributed by atoms with E-state index in [1.165, 1.54) is 43.9 Å². The molecule has 774 valence electrons. The Morgan fingerprint density at radius 1 is 0.338 bits per heavy atom. The summed E-state index contributed by atoms with van der Waals surface area (Å²) in [5.41, 5.74) is 6.91. The summed E-state index contributed by atoms with van der Waals surface area (Å²) in [6.45, 7) is 10.8. The first kappa shape index (κ1) is 109. The molecule has 0 spiro atoms. The number of amides is 12. The lowest BCUT2D eigenvalue weighted by Gasteiger charge is -2.25. The SMILES string of the molecule is C=CCOc1ccc(C[C@H](NC(=O)NS(=O)(=O)c2ccccc2C)C(=O)N(C)c2ccc3c(c2)OCO3)cc1.COc1ccc(C[C@H](NC(=O)NS(=O)(=O)c2ccccc2C)C(=O)N(C)c2ccc3c(c2)OCO3)cc1.Cc1ccccc1S(=O)(=O)NC(=O)N[C@@H](Cc1ccc(Br)cc1)C(=O)N(C)c1ccc2c(c1)OCO2.Cc1ccccc1S(=O)(=O)NC(=O)N[C@@H](Cc1cccc(Cl)c1)C(=O)N(C)c1ccc2c(c1)OCO2. The van der Waals surface area contributed by atoms with Crippen LogP contribution in [-0.4, -0.2) is 175 Å². The lowest BCUT2D eigenvalue weighted by atomic mass is 10.0. The normalized spacial score (nSPS) is 13.0. The minimum atomic E-state index is -4.17. The number of nitrogens with zero attached hydrogens (tertiary/aromatic N) is 4. The van der Waals surface area contributed by atoms with Crippen LogP contribution in [0, 0.1) is 27.7 Å². The Morgan fingerprint density at radius 3 is 0.858 bits per heavy atom. The molecule has 4 aliphatic heterocycles. The van der Waals surface area contributed by atoms with E-state index in [9.17, 15) is 72.0 Å². The van der Waals surface area contributed by atoms with E-state index >= 15 is 0 Å². The molecule has 12 aromatic carbocycles. The maximum atomic E-state index is 13.6. The second-order valence-electron chi connectivity index (χ2n) is 33.5. The van der Waals surface area contributed by atoms with Gasteiger partial charge in [-0.05, 0) is 194 Å². The van der Waals surface area contributed by atoms with E-state index in [4.69, 9.17) is 59.0 Å². The lowest BCUT2D eigenvalue weighted by molar-refractivity contribution is -0.120. The van der Waals surface area contributed by atoms with Gasteiger partial charge in [0.15, 0.2) is 46.0 Å². The van der Waals surface area contributed by atoms with Crippen molar-refractivity contribution in [3.8, 4) is 57.5 Å². The molecule has 8 N–H and O–H groups in total. The summed E-state index contributed by atoms with van der Waals surface area (Å²) >= 11 is 9.47. The molecule has 0 aromatic heterocycles. The highest BCUT2D eigenvalue weighted by molar-refractivity contribution is 9.10. The Labute approximate surface area is 868 Å². The van der Waals surface area contributed by atoms with E-state index < -0.39 is 112 Å². The number of carbonyl (C=O) groups excluding carboxylic acids is 8. The third-order valence-corrected chi connectivity index (χ3v) is 29.9. The molecule has 0 saturated carbocycles. The van der Waals surface area contributed by atoms with Gasteiger partial charge in [-0.2, -0.15) is 0 Å². The summed E-state index contributed by atoms with van der Waals surface area (Å²) < 4.78 is 165. The summed E-state index contributed by atoms with van der Waals surface area (Å²) in [6.07, 6.45) is 2.04. The van der Waals surface area contributed by atoms with Crippen LogP contribution in [-0.2, 0) is 85.0 Å². The molecule has 0 saturated heterocycles. The number of nitrogens with one attached hydrogen (secondary N) is 8. The molecule has 0 aliphatic carbocycles. The molecule has 4 aliphatic rings. The van der Waals surface area contributed by atoms with Crippen molar-refractivity contribution >= 4 is 138 Å². The molecular weight excluding hydrogens is 2080 g/mol. The second kappa shape index (κ2) is 49.2. The van der Waals surface area contributed by atoms with Crippen molar-refractivity contribution in [2.24, 2.45) is 0 Å². The van der Waals surface area contributed by atoms with Crippen molar-refractivity contribution in [3.05, 3.63) is 334 Å². The molecular formula is C104H104BrClN12O26S4. The molecule has 0 bridgehead atoms. The number of methoxy groups -OCH3 is 1. The van der Waals surface area contributed by atoms with Gasteiger partial charge in [-0.25, -0.2) is 71.7 Å². The molecule has 0 radical (unpaired) electrons. The predicted octanol–water partition coefficient (Wildman–Crippen LogP) is 13.9. The van der Waals surface area contributed by atoms with Gasteiger partial charge in [0.05, 0.1) is 26.7 Å². The Morgan fingerprint density at radius 2 is 0.595 bits per heavy atom. The number of rotatable bonds is 32. The number of urea groups is 4. The lowest BCUT2D eigenvalue weighted by Crippen LogP contribution is -2.52. The quantitative estimate of drug-likeness (QED) is 0.0182. The number of anilines is 4. The van der Waals surface area contributed by atoms with Crippen LogP contribution in [0.15, 0.2) is 304 Å². The molecule has 38 nitrogen and oxygen atoms in total. The van der Waals surface area contributed by atoms with Gasteiger partial charge >= 0.3 is 24.1 Å². The van der Waals surface area contributed by atoms with Gasteiger partial charge in [-0.3, -0.25) is 19.2 Å². The minimum absolute atomic E-state index is 0.0200. The number of hydrogen-bond acceptors (Lipinski definition) is 26. The Balaban J connectivity index is 0.000000165. The van der Waals surface area contributed by atoms with Gasteiger partial charge in [0.2, 0.25) is 50.8 Å². The number of hydrogen-bond donors (Lipinski definition) is 8. The smallest absolute Gasteiger partial charge is 0.329 e. The average molecular weight is 2180 g/mol. The highest BCUT2D eigenvalue weighted by Gasteiger charge is 2.36. The Kier molecular flexibility index (Phi) is 36.3. The summed E-state index contributed by atoms with van der Waals surface area (Å²) in [5.74, 6) is 3.67. The largest absolute Gasteiger partial charge is 0.497 e. The van der Waals surface area contributed by atoms with Crippen LogP contribution in [0.25, 0.3) is 0 Å². The molecule has 12 amide bonds. The zero-order valence-electron chi connectivity index (χ0n) is 81.2. The van der Waals surface area contributed by atoms with Crippen LogP contribution < -0.4 is 107 Å². The van der Waals surface area contributed by atoms with Crippen molar-refractivity contribution in [2.45, 2.75) is 97.1 Å². The first-order valence-corrected chi connectivity index (χ1v) is 52.4. The number of likely N-dealkylation sites (N-methyl/N-ethyl adjacent to an activating group) is 4. The third kappa shape index (κ3) is 28.8. The van der Waals surface area contributed by atoms with Crippen LogP contribution in [0.3, 0.4) is 0 Å². The van der Waals surface area contributed by atoms with Gasteiger partial charge in [0.1, 0.15) is 42.3 Å². The van der Waals surface area contributed by atoms with Crippen molar-refractivity contribution in [1.82, 2.24) is 40.2 Å².